The van der Waals surface area contributed by atoms with Crippen LogP contribution in [0, 0.1) is 17.1 Å². The van der Waals surface area contributed by atoms with Gasteiger partial charge in [-0.05, 0) is 55.5 Å². The first-order chi connectivity index (χ1) is 12.7. The number of hydrogen-bond acceptors (Lipinski definition) is 4. The van der Waals surface area contributed by atoms with Crippen LogP contribution in [0.1, 0.15) is 39.3 Å². The van der Waals surface area contributed by atoms with E-state index in [1.54, 1.807) is 24.4 Å². The molecule has 130 valence electrons. The molecule has 0 unspecified atom stereocenters. The third kappa shape index (κ3) is 3.00. The van der Waals surface area contributed by atoms with Gasteiger partial charge in [0, 0.05) is 11.1 Å². The molecule has 1 aliphatic rings. The van der Waals surface area contributed by atoms with Gasteiger partial charge in [0.25, 0.3) is 5.91 Å². The highest BCUT2D eigenvalue weighted by Crippen LogP contribution is 2.37. The number of aryl methyl sites for hydroxylation is 1. The number of nitrogens with zero attached hydrogens (tertiary/aromatic N) is 3. The zero-order chi connectivity index (χ0) is 18.1. The highest BCUT2D eigenvalue weighted by Gasteiger charge is 2.22. The molecule has 0 saturated heterocycles. The minimum Gasteiger partial charge on any atom is -0.311 e. The number of rotatable bonds is 3. The molecule has 1 aromatic carbocycles. The number of halogens is 1. The van der Waals surface area contributed by atoms with Gasteiger partial charge in [-0.15, -0.1) is 11.3 Å². The van der Waals surface area contributed by atoms with Crippen LogP contribution in [0.5, 0.6) is 0 Å². The van der Waals surface area contributed by atoms with Crippen molar-refractivity contribution in [3.8, 4) is 11.8 Å². The molecule has 0 bridgehead atoms. The Morgan fingerprint density at radius 2 is 2.15 bits per heavy atom. The van der Waals surface area contributed by atoms with Crippen molar-refractivity contribution in [1.29, 1.82) is 5.26 Å². The lowest BCUT2D eigenvalue weighted by Gasteiger charge is -2.09. The van der Waals surface area contributed by atoms with Crippen LogP contribution < -0.4 is 5.32 Å². The Labute approximate surface area is 153 Å². The van der Waals surface area contributed by atoms with Crippen molar-refractivity contribution in [2.75, 3.05) is 5.32 Å². The number of amides is 1. The van der Waals surface area contributed by atoms with E-state index >= 15 is 0 Å². The van der Waals surface area contributed by atoms with Crippen molar-refractivity contribution in [2.45, 2.75) is 25.7 Å². The fraction of sp³-hybridized carbons (Fsp3) is 0.211. The smallest absolute Gasteiger partial charge is 0.276 e. The summed E-state index contributed by atoms with van der Waals surface area (Å²) in [5, 5.41) is 17.1. The third-order valence-electron chi connectivity index (χ3n) is 4.40. The molecule has 3 aromatic rings. The first-order valence-corrected chi connectivity index (χ1v) is 9.15. The minimum atomic E-state index is -0.379. The van der Waals surface area contributed by atoms with E-state index in [4.69, 9.17) is 0 Å². The molecule has 2 aromatic heterocycles. The lowest BCUT2D eigenvalue weighted by molar-refractivity contribution is 0.102. The monoisotopic (exact) mass is 366 g/mol. The summed E-state index contributed by atoms with van der Waals surface area (Å²) >= 11 is 1.48. The summed E-state index contributed by atoms with van der Waals surface area (Å²) < 4.78 is 14.8. The Kier molecular flexibility index (Phi) is 4.27. The van der Waals surface area contributed by atoms with E-state index in [0.29, 0.717) is 16.3 Å². The van der Waals surface area contributed by atoms with Gasteiger partial charge in [0.15, 0.2) is 5.69 Å². The topological polar surface area (TPSA) is 70.7 Å². The molecule has 0 fully saturated rings. The standard InChI is InChI=1S/C19H15FN4OS/c20-12-4-3-5-13(10-12)24-9-8-16(23-24)18(25)22-19-15(11-21)14-6-1-2-7-17(14)26-19/h3-5,8-10H,1-2,6-7H2,(H,22,25). The van der Waals surface area contributed by atoms with Crippen LogP contribution in [-0.4, -0.2) is 15.7 Å². The summed E-state index contributed by atoms with van der Waals surface area (Å²) in [7, 11) is 0. The molecule has 1 N–H and O–H groups in total. The quantitative estimate of drug-likeness (QED) is 0.759. The highest BCUT2D eigenvalue weighted by molar-refractivity contribution is 7.16. The van der Waals surface area contributed by atoms with E-state index in [9.17, 15) is 14.4 Å². The van der Waals surface area contributed by atoms with Crippen molar-refractivity contribution < 1.29 is 9.18 Å². The van der Waals surface area contributed by atoms with Gasteiger partial charge in [-0.25, -0.2) is 9.07 Å². The summed E-state index contributed by atoms with van der Waals surface area (Å²) in [6, 6.07) is 9.78. The number of carbonyl (C=O) groups excluding carboxylic acids is 1. The molecule has 4 rings (SSSR count). The lowest BCUT2D eigenvalue weighted by Crippen LogP contribution is -2.13. The van der Waals surface area contributed by atoms with Gasteiger partial charge in [0.1, 0.15) is 16.9 Å². The number of fused-ring (bicyclic) bond motifs is 1. The zero-order valence-corrected chi connectivity index (χ0v) is 14.6. The fourth-order valence-corrected chi connectivity index (χ4v) is 4.38. The van der Waals surface area contributed by atoms with E-state index in [1.165, 1.54) is 33.0 Å². The van der Waals surface area contributed by atoms with Crippen LogP contribution in [0.15, 0.2) is 36.5 Å². The number of carbonyl (C=O) groups is 1. The minimum absolute atomic E-state index is 0.213. The molecular formula is C19H15FN4OS. The molecular weight excluding hydrogens is 351 g/mol. The van der Waals surface area contributed by atoms with Gasteiger partial charge in [0.05, 0.1) is 11.3 Å². The maximum absolute atomic E-state index is 13.4. The maximum atomic E-state index is 13.4. The molecule has 1 amide bonds. The van der Waals surface area contributed by atoms with Crippen LogP contribution >= 0.6 is 11.3 Å². The van der Waals surface area contributed by atoms with Crippen LogP contribution in [0.25, 0.3) is 5.69 Å². The molecule has 0 aliphatic heterocycles. The summed E-state index contributed by atoms with van der Waals surface area (Å²) in [6.07, 6.45) is 5.64. The molecule has 0 atom stereocenters. The van der Waals surface area contributed by atoms with E-state index in [-0.39, 0.29) is 17.4 Å². The highest BCUT2D eigenvalue weighted by atomic mass is 32.1. The largest absolute Gasteiger partial charge is 0.311 e. The second-order valence-corrected chi connectivity index (χ2v) is 7.21. The zero-order valence-electron chi connectivity index (χ0n) is 13.8. The van der Waals surface area contributed by atoms with Crippen molar-refractivity contribution in [1.82, 2.24) is 9.78 Å². The van der Waals surface area contributed by atoms with Crippen LogP contribution in [0.4, 0.5) is 9.39 Å². The predicted molar refractivity (Wildman–Crippen MR) is 97.2 cm³/mol. The van der Waals surface area contributed by atoms with Crippen molar-refractivity contribution in [3.05, 3.63) is 64.0 Å². The summed E-state index contributed by atoms with van der Waals surface area (Å²) in [6.45, 7) is 0. The second kappa shape index (κ2) is 6.73. The number of thiophene rings is 1. The molecule has 7 heteroatoms. The molecule has 0 spiro atoms. The Balaban J connectivity index is 1.58. The molecule has 5 nitrogen and oxygen atoms in total. The van der Waals surface area contributed by atoms with Gasteiger partial charge in [-0.2, -0.15) is 10.4 Å². The van der Waals surface area contributed by atoms with E-state index < -0.39 is 0 Å². The summed E-state index contributed by atoms with van der Waals surface area (Å²) in [4.78, 5) is 13.7. The third-order valence-corrected chi connectivity index (χ3v) is 5.61. The predicted octanol–water partition coefficient (Wildman–Crippen LogP) is 4.08. The van der Waals surface area contributed by atoms with Crippen molar-refractivity contribution >= 4 is 22.2 Å². The SMILES string of the molecule is N#Cc1c(NC(=O)c2ccn(-c3cccc(F)c3)n2)sc2c1CCCC2. The van der Waals surface area contributed by atoms with Crippen molar-refractivity contribution in [3.63, 3.8) is 0 Å². The fourth-order valence-electron chi connectivity index (χ4n) is 3.15. The summed E-state index contributed by atoms with van der Waals surface area (Å²) in [5.74, 6) is -0.748. The number of benzene rings is 1. The number of aromatic nitrogens is 2. The Bertz CT molecular complexity index is 1030. The lowest BCUT2D eigenvalue weighted by atomic mass is 9.96. The average molecular weight is 366 g/mol. The number of nitrogens with one attached hydrogen (secondary N) is 1. The maximum Gasteiger partial charge on any atom is 0.276 e. The molecule has 0 radical (unpaired) electrons. The van der Waals surface area contributed by atoms with Gasteiger partial charge in [-0.1, -0.05) is 6.07 Å². The van der Waals surface area contributed by atoms with E-state index in [2.05, 4.69) is 16.5 Å². The number of nitriles is 1. The van der Waals surface area contributed by atoms with Crippen molar-refractivity contribution in [2.24, 2.45) is 0 Å². The normalized spacial score (nSPS) is 13.1. The van der Waals surface area contributed by atoms with E-state index in [0.717, 1.165) is 31.2 Å². The average Bonchev–Trinajstić information content (AvgIpc) is 3.26. The summed E-state index contributed by atoms with van der Waals surface area (Å²) in [5.41, 5.74) is 2.39. The first-order valence-electron chi connectivity index (χ1n) is 8.33. The Hall–Kier alpha value is -2.98. The molecule has 1 aliphatic carbocycles. The Morgan fingerprint density at radius 3 is 2.96 bits per heavy atom. The van der Waals surface area contributed by atoms with Gasteiger partial charge < -0.3 is 5.32 Å². The van der Waals surface area contributed by atoms with E-state index in [1.807, 2.05) is 0 Å². The molecule has 2 heterocycles. The van der Waals surface area contributed by atoms with Crippen LogP contribution in [0.2, 0.25) is 0 Å². The number of hydrogen-bond donors (Lipinski definition) is 1. The van der Waals surface area contributed by atoms with Gasteiger partial charge >= 0.3 is 0 Å². The van der Waals surface area contributed by atoms with Gasteiger partial charge in [0.2, 0.25) is 0 Å². The van der Waals surface area contributed by atoms with Crippen LogP contribution in [0.3, 0.4) is 0 Å². The first kappa shape index (κ1) is 16.5. The molecule has 0 saturated carbocycles. The molecule has 26 heavy (non-hydrogen) atoms. The van der Waals surface area contributed by atoms with Crippen LogP contribution in [-0.2, 0) is 12.8 Å². The second-order valence-electron chi connectivity index (χ2n) is 6.11. The number of anilines is 1. The van der Waals surface area contributed by atoms with Gasteiger partial charge in [-0.3, -0.25) is 4.79 Å². The Morgan fingerprint density at radius 1 is 1.31 bits per heavy atom.